The molecular weight excluding hydrogens is 402 g/mol. The maximum Gasteiger partial charge on any atom is 0.249 e. The van der Waals surface area contributed by atoms with Crippen LogP contribution in [0.25, 0.3) is 0 Å². The number of sulfone groups is 1. The fraction of sp³-hybridized carbons (Fsp3) is 0.500. The smallest absolute Gasteiger partial charge is 0.249 e. The zero-order chi connectivity index (χ0) is 21.9. The molecule has 162 valence electrons. The Labute approximate surface area is 170 Å². The van der Waals surface area contributed by atoms with Crippen molar-refractivity contribution in [1.29, 1.82) is 0 Å². The summed E-state index contributed by atoms with van der Waals surface area (Å²) >= 11 is 0. The third-order valence-electron chi connectivity index (χ3n) is 4.17. The second-order valence-corrected chi connectivity index (χ2v) is 8.35. The van der Waals surface area contributed by atoms with Gasteiger partial charge < -0.3 is 10.1 Å². The van der Waals surface area contributed by atoms with E-state index in [-0.39, 0.29) is 17.9 Å². The van der Waals surface area contributed by atoms with Crippen LogP contribution in [0, 0.1) is 5.92 Å². The van der Waals surface area contributed by atoms with Crippen molar-refractivity contribution in [2.24, 2.45) is 5.92 Å². The third-order valence-corrected chi connectivity index (χ3v) is 6.00. The predicted molar refractivity (Wildman–Crippen MR) is 104 cm³/mol. The van der Waals surface area contributed by atoms with Crippen molar-refractivity contribution in [3.05, 3.63) is 24.3 Å². The van der Waals surface area contributed by atoms with Gasteiger partial charge in [-0.2, -0.15) is 0 Å². The molecule has 0 heterocycles. The molecule has 0 saturated heterocycles. The van der Waals surface area contributed by atoms with Gasteiger partial charge in [-0.3, -0.25) is 24.5 Å². The number of unbranched alkanes of at least 4 members (excludes halogenated alkanes) is 1. The topological polar surface area (TPSA) is 142 Å². The summed E-state index contributed by atoms with van der Waals surface area (Å²) in [5, 5.41) is 11.8. The number of carbonyl (C=O) groups is 3. The Bertz CT molecular complexity index is 781. The molecule has 1 atom stereocenters. The SMILES string of the molecule is CCCCNCC(=O)N(C=O)CC(CS(=O)(=O)c1ccc(OC)cc1)C(=O)NO. The number of benzene rings is 1. The van der Waals surface area contributed by atoms with E-state index < -0.39 is 39.9 Å². The number of hydroxylamine groups is 1. The van der Waals surface area contributed by atoms with Crippen molar-refractivity contribution >= 4 is 28.1 Å². The summed E-state index contributed by atoms with van der Waals surface area (Å²) in [6.07, 6.45) is 2.02. The molecule has 29 heavy (non-hydrogen) atoms. The van der Waals surface area contributed by atoms with Gasteiger partial charge in [0.1, 0.15) is 5.75 Å². The Morgan fingerprint density at radius 2 is 1.93 bits per heavy atom. The monoisotopic (exact) mass is 429 g/mol. The van der Waals surface area contributed by atoms with Crippen LogP contribution >= 0.6 is 0 Å². The Hall–Kier alpha value is -2.50. The second-order valence-electron chi connectivity index (χ2n) is 6.31. The first-order chi connectivity index (χ1) is 13.8. The molecule has 0 radical (unpaired) electrons. The number of amides is 3. The van der Waals surface area contributed by atoms with E-state index >= 15 is 0 Å². The second kappa shape index (κ2) is 12.1. The van der Waals surface area contributed by atoms with Crippen LogP contribution in [0.5, 0.6) is 5.75 Å². The van der Waals surface area contributed by atoms with Crippen LogP contribution in [0.15, 0.2) is 29.2 Å². The lowest BCUT2D eigenvalue weighted by Gasteiger charge is -2.22. The summed E-state index contributed by atoms with van der Waals surface area (Å²) in [4.78, 5) is 36.1. The summed E-state index contributed by atoms with van der Waals surface area (Å²) in [7, 11) is -2.50. The highest BCUT2D eigenvalue weighted by Crippen LogP contribution is 2.19. The van der Waals surface area contributed by atoms with Gasteiger partial charge in [-0.05, 0) is 37.2 Å². The van der Waals surface area contributed by atoms with Gasteiger partial charge in [-0.15, -0.1) is 0 Å². The largest absolute Gasteiger partial charge is 0.497 e. The summed E-state index contributed by atoms with van der Waals surface area (Å²) < 4.78 is 30.3. The van der Waals surface area contributed by atoms with Gasteiger partial charge in [0.25, 0.3) is 0 Å². The number of rotatable bonds is 13. The van der Waals surface area contributed by atoms with Crippen LogP contribution < -0.4 is 15.5 Å². The van der Waals surface area contributed by atoms with E-state index in [1.165, 1.54) is 36.9 Å². The first-order valence-corrected chi connectivity index (χ1v) is 10.7. The predicted octanol–water partition coefficient (Wildman–Crippen LogP) is -0.0348. The van der Waals surface area contributed by atoms with E-state index in [0.29, 0.717) is 12.3 Å². The van der Waals surface area contributed by atoms with Gasteiger partial charge in [-0.25, -0.2) is 13.9 Å². The van der Waals surface area contributed by atoms with Gasteiger partial charge in [0, 0.05) is 6.54 Å². The molecular formula is C18H27N3O7S. The Kier molecular flexibility index (Phi) is 10.3. The number of nitrogens with zero attached hydrogens (tertiary/aromatic N) is 1. The minimum Gasteiger partial charge on any atom is -0.497 e. The van der Waals surface area contributed by atoms with Crippen LogP contribution in [0.3, 0.4) is 0 Å². The summed E-state index contributed by atoms with van der Waals surface area (Å²) in [6.45, 7) is 1.96. The average Bonchev–Trinajstić information content (AvgIpc) is 2.73. The minimum absolute atomic E-state index is 0.0562. The average molecular weight is 429 g/mol. The highest BCUT2D eigenvalue weighted by molar-refractivity contribution is 7.91. The van der Waals surface area contributed by atoms with Crippen molar-refractivity contribution < 1.29 is 32.7 Å². The number of carbonyl (C=O) groups excluding carboxylic acids is 3. The van der Waals surface area contributed by atoms with E-state index in [0.717, 1.165) is 17.7 Å². The molecule has 0 saturated carbocycles. The Balaban J connectivity index is 2.90. The number of imide groups is 1. The quantitative estimate of drug-likeness (QED) is 0.172. The Morgan fingerprint density at radius 1 is 1.28 bits per heavy atom. The van der Waals surface area contributed by atoms with Crippen molar-refractivity contribution in [1.82, 2.24) is 15.7 Å². The minimum atomic E-state index is -3.94. The lowest BCUT2D eigenvalue weighted by Crippen LogP contribution is -2.45. The van der Waals surface area contributed by atoms with E-state index in [1.807, 2.05) is 6.92 Å². The highest BCUT2D eigenvalue weighted by atomic mass is 32.2. The molecule has 0 spiro atoms. The van der Waals surface area contributed by atoms with Crippen molar-refractivity contribution in [2.45, 2.75) is 24.7 Å². The fourth-order valence-corrected chi connectivity index (χ4v) is 4.02. The number of hydrogen-bond donors (Lipinski definition) is 3. The normalized spacial score (nSPS) is 12.1. The van der Waals surface area contributed by atoms with E-state index in [9.17, 15) is 22.8 Å². The first kappa shape index (κ1) is 24.5. The number of hydrogen-bond acceptors (Lipinski definition) is 8. The zero-order valence-corrected chi connectivity index (χ0v) is 17.3. The van der Waals surface area contributed by atoms with Crippen molar-refractivity contribution in [3.63, 3.8) is 0 Å². The number of nitrogens with one attached hydrogen (secondary N) is 2. The molecule has 1 rings (SSSR count). The van der Waals surface area contributed by atoms with Crippen LogP contribution in [0.2, 0.25) is 0 Å². The highest BCUT2D eigenvalue weighted by Gasteiger charge is 2.30. The molecule has 10 nitrogen and oxygen atoms in total. The molecule has 0 aliphatic rings. The van der Waals surface area contributed by atoms with Crippen LogP contribution in [-0.4, -0.2) is 69.2 Å². The lowest BCUT2D eigenvalue weighted by atomic mass is 10.1. The first-order valence-electron chi connectivity index (χ1n) is 9.05. The maximum atomic E-state index is 12.6. The van der Waals surface area contributed by atoms with Gasteiger partial charge in [0.05, 0.1) is 30.2 Å². The van der Waals surface area contributed by atoms with Crippen molar-refractivity contribution in [3.8, 4) is 5.75 Å². The van der Waals surface area contributed by atoms with E-state index in [1.54, 1.807) is 0 Å². The molecule has 1 unspecified atom stereocenters. The molecule has 0 aliphatic carbocycles. The lowest BCUT2D eigenvalue weighted by molar-refractivity contribution is -0.140. The summed E-state index contributed by atoms with van der Waals surface area (Å²) in [5.41, 5.74) is 1.39. The standard InChI is InChI=1S/C18H27N3O7S/c1-3-4-9-19-10-17(23)21(13-22)11-14(18(24)20-25)12-29(26,27)16-7-5-15(28-2)6-8-16/h5-8,13-14,19,25H,3-4,9-12H2,1-2H3,(H,20,24). The van der Waals surface area contributed by atoms with Crippen LogP contribution in [-0.2, 0) is 24.2 Å². The number of methoxy groups -OCH3 is 1. The molecule has 0 bridgehead atoms. The van der Waals surface area contributed by atoms with Gasteiger partial charge >= 0.3 is 0 Å². The van der Waals surface area contributed by atoms with Crippen molar-refractivity contribution in [2.75, 3.05) is 32.5 Å². The van der Waals surface area contributed by atoms with E-state index in [2.05, 4.69) is 5.32 Å². The van der Waals surface area contributed by atoms with E-state index in [4.69, 9.17) is 9.94 Å². The molecule has 0 aliphatic heterocycles. The summed E-state index contributed by atoms with van der Waals surface area (Å²) in [5.74, 6) is -3.21. The zero-order valence-electron chi connectivity index (χ0n) is 16.5. The molecule has 11 heteroatoms. The third kappa shape index (κ3) is 7.80. The molecule has 1 aromatic carbocycles. The van der Waals surface area contributed by atoms with Gasteiger partial charge in [-0.1, -0.05) is 13.3 Å². The van der Waals surface area contributed by atoms with Gasteiger partial charge in [0.2, 0.25) is 18.2 Å². The fourth-order valence-electron chi connectivity index (χ4n) is 2.49. The molecule has 0 fully saturated rings. The van der Waals surface area contributed by atoms with Crippen LogP contribution in [0.4, 0.5) is 0 Å². The molecule has 0 aromatic heterocycles. The van der Waals surface area contributed by atoms with Crippen LogP contribution in [0.1, 0.15) is 19.8 Å². The maximum absolute atomic E-state index is 12.6. The van der Waals surface area contributed by atoms with Gasteiger partial charge in [0.15, 0.2) is 9.84 Å². The molecule has 3 N–H and O–H groups in total. The number of ether oxygens (including phenoxy) is 1. The Morgan fingerprint density at radius 3 is 2.45 bits per heavy atom. The molecule has 3 amide bonds. The molecule has 1 aromatic rings. The summed E-state index contributed by atoms with van der Waals surface area (Å²) in [6, 6.07) is 5.55.